The predicted molar refractivity (Wildman–Crippen MR) is 64.9 cm³/mol. The Morgan fingerprint density at radius 3 is 2.76 bits per heavy atom. The fourth-order valence-corrected chi connectivity index (χ4v) is 3.09. The van der Waals surface area contributed by atoms with Gasteiger partial charge in [-0.3, -0.25) is 4.79 Å². The summed E-state index contributed by atoms with van der Waals surface area (Å²) in [6.07, 6.45) is 0. The smallest absolute Gasteiger partial charge is 0.337 e. The first-order valence-corrected chi connectivity index (χ1v) is 6.35. The van der Waals surface area contributed by atoms with Crippen molar-refractivity contribution in [2.24, 2.45) is 0 Å². The molecule has 0 spiro atoms. The number of para-hydroxylation sites is 1. The number of carbonyl (C=O) groups is 2. The van der Waals surface area contributed by atoms with Gasteiger partial charge in [0.2, 0.25) is 0 Å². The fraction of sp³-hybridized carbons (Fsp3) is 0.100. The molecule has 0 saturated carbocycles. The largest absolute Gasteiger partial charge is 0.481 e. The van der Waals surface area contributed by atoms with Gasteiger partial charge in [0.1, 0.15) is 0 Å². The number of carboxylic acid groups (broad SMARTS) is 2. The second-order valence-electron chi connectivity index (χ2n) is 3.12. The number of aromatic carboxylic acids is 1. The Labute approximate surface area is 104 Å². The van der Waals surface area contributed by atoms with Gasteiger partial charge in [0.25, 0.3) is 0 Å². The van der Waals surface area contributed by atoms with E-state index in [0.29, 0.717) is 9.86 Å². The number of thioether (sulfide) groups is 1. The number of nitrogens with zero attached hydrogens (tertiary/aromatic N) is 1. The van der Waals surface area contributed by atoms with Crippen LogP contribution in [0.3, 0.4) is 0 Å². The molecule has 1 heterocycles. The van der Waals surface area contributed by atoms with Crippen LogP contribution in [-0.2, 0) is 4.79 Å². The van der Waals surface area contributed by atoms with E-state index in [-0.39, 0.29) is 11.3 Å². The van der Waals surface area contributed by atoms with Crippen molar-refractivity contribution in [1.29, 1.82) is 0 Å². The summed E-state index contributed by atoms with van der Waals surface area (Å²) in [5.74, 6) is -2.04. The summed E-state index contributed by atoms with van der Waals surface area (Å²) in [6.45, 7) is 0. The van der Waals surface area contributed by atoms with E-state index >= 15 is 0 Å². The highest BCUT2D eigenvalue weighted by molar-refractivity contribution is 8.01. The first-order valence-electron chi connectivity index (χ1n) is 4.55. The minimum Gasteiger partial charge on any atom is -0.481 e. The van der Waals surface area contributed by atoms with Crippen molar-refractivity contribution in [2.75, 3.05) is 5.75 Å². The summed E-state index contributed by atoms with van der Waals surface area (Å²) in [7, 11) is 0. The molecule has 7 heteroatoms. The number of carboxylic acids is 2. The molecule has 5 nitrogen and oxygen atoms in total. The number of fused-ring (bicyclic) bond motifs is 1. The normalized spacial score (nSPS) is 10.6. The number of aromatic nitrogens is 1. The lowest BCUT2D eigenvalue weighted by atomic mass is 10.2. The maximum atomic E-state index is 11.0. The van der Waals surface area contributed by atoms with E-state index in [2.05, 4.69) is 4.98 Å². The monoisotopic (exact) mass is 269 g/mol. The molecule has 0 aliphatic heterocycles. The van der Waals surface area contributed by atoms with Crippen LogP contribution in [0, 0.1) is 0 Å². The number of thiazole rings is 1. The quantitative estimate of drug-likeness (QED) is 0.827. The number of rotatable bonds is 4. The Kier molecular flexibility index (Phi) is 3.30. The van der Waals surface area contributed by atoms with Crippen LogP contribution in [0.25, 0.3) is 10.2 Å². The minimum atomic E-state index is -1.03. The number of aliphatic carboxylic acids is 1. The van der Waals surface area contributed by atoms with Crippen LogP contribution in [0.4, 0.5) is 0 Å². The average molecular weight is 269 g/mol. The van der Waals surface area contributed by atoms with Crippen LogP contribution in [0.2, 0.25) is 0 Å². The Hall–Kier alpha value is -1.60. The van der Waals surface area contributed by atoms with Gasteiger partial charge in [-0.1, -0.05) is 17.8 Å². The highest BCUT2D eigenvalue weighted by atomic mass is 32.2. The van der Waals surface area contributed by atoms with Gasteiger partial charge in [-0.2, -0.15) is 0 Å². The van der Waals surface area contributed by atoms with Gasteiger partial charge in [0.05, 0.1) is 21.5 Å². The van der Waals surface area contributed by atoms with Crippen LogP contribution in [-0.4, -0.2) is 32.9 Å². The lowest BCUT2D eigenvalue weighted by Gasteiger charge is -1.93. The van der Waals surface area contributed by atoms with Crippen LogP contribution < -0.4 is 0 Å². The lowest BCUT2D eigenvalue weighted by molar-refractivity contribution is -0.133. The molecule has 1 aromatic heterocycles. The van der Waals surface area contributed by atoms with Gasteiger partial charge in [-0.15, -0.1) is 11.3 Å². The molecule has 1 aromatic carbocycles. The van der Waals surface area contributed by atoms with Crippen LogP contribution in [0.15, 0.2) is 22.5 Å². The third-order valence-electron chi connectivity index (χ3n) is 1.95. The third-order valence-corrected chi connectivity index (χ3v) is 4.10. The number of hydrogen-bond donors (Lipinski definition) is 2. The van der Waals surface area contributed by atoms with Gasteiger partial charge >= 0.3 is 11.9 Å². The summed E-state index contributed by atoms with van der Waals surface area (Å²) in [5.41, 5.74) is 0.554. The zero-order valence-corrected chi connectivity index (χ0v) is 10.0. The van der Waals surface area contributed by atoms with Crippen molar-refractivity contribution in [3.63, 3.8) is 0 Å². The second-order valence-corrected chi connectivity index (χ2v) is 5.37. The predicted octanol–water partition coefficient (Wildman–Crippen LogP) is 2.17. The molecule has 0 aliphatic rings. The maximum absolute atomic E-state index is 11.0. The van der Waals surface area contributed by atoms with Gasteiger partial charge in [0, 0.05) is 0 Å². The van der Waals surface area contributed by atoms with Crippen molar-refractivity contribution in [1.82, 2.24) is 4.98 Å². The maximum Gasteiger partial charge on any atom is 0.337 e. The molecule has 2 rings (SSSR count). The highest BCUT2D eigenvalue weighted by Gasteiger charge is 2.13. The topological polar surface area (TPSA) is 87.5 Å². The molecule has 0 amide bonds. The number of benzene rings is 1. The molecular weight excluding hydrogens is 262 g/mol. The van der Waals surface area contributed by atoms with E-state index < -0.39 is 11.9 Å². The van der Waals surface area contributed by atoms with E-state index in [1.165, 1.54) is 17.4 Å². The van der Waals surface area contributed by atoms with E-state index in [1.54, 1.807) is 12.1 Å². The molecule has 0 saturated heterocycles. The van der Waals surface area contributed by atoms with Gasteiger partial charge in [-0.05, 0) is 12.1 Å². The summed E-state index contributed by atoms with van der Waals surface area (Å²) in [4.78, 5) is 25.5. The van der Waals surface area contributed by atoms with Crippen LogP contribution >= 0.6 is 23.1 Å². The Morgan fingerprint density at radius 2 is 2.12 bits per heavy atom. The zero-order valence-electron chi connectivity index (χ0n) is 8.41. The molecule has 0 aliphatic carbocycles. The van der Waals surface area contributed by atoms with E-state index in [0.717, 1.165) is 16.5 Å². The Morgan fingerprint density at radius 1 is 1.35 bits per heavy atom. The van der Waals surface area contributed by atoms with Crippen molar-refractivity contribution in [3.05, 3.63) is 23.8 Å². The van der Waals surface area contributed by atoms with Crippen LogP contribution in [0.5, 0.6) is 0 Å². The van der Waals surface area contributed by atoms with E-state index in [9.17, 15) is 9.59 Å². The standard InChI is InChI=1S/C10H7NO4S2/c12-7(13)4-16-10-11-8-5(9(14)15)2-1-3-6(8)17-10/h1-3H,4H2,(H,12,13)(H,14,15). The Bertz CT molecular complexity index is 593. The molecule has 88 valence electrons. The van der Waals surface area contributed by atoms with Gasteiger partial charge in [0.15, 0.2) is 4.34 Å². The molecule has 2 aromatic rings. The van der Waals surface area contributed by atoms with Crippen molar-refractivity contribution in [2.45, 2.75) is 4.34 Å². The first-order chi connectivity index (χ1) is 8.08. The molecule has 0 fully saturated rings. The summed E-state index contributed by atoms with van der Waals surface area (Å²) >= 11 is 2.39. The first kappa shape index (κ1) is 11.9. The Balaban J connectivity index is 2.39. The molecule has 17 heavy (non-hydrogen) atoms. The summed E-state index contributed by atoms with van der Waals surface area (Å²) in [5, 5.41) is 17.5. The molecule has 0 radical (unpaired) electrons. The molecule has 2 N–H and O–H groups in total. The summed E-state index contributed by atoms with van der Waals surface area (Å²) in [6, 6.07) is 4.90. The van der Waals surface area contributed by atoms with Crippen molar-refractivity contribution in [3.8, 4) is 0 Å². The van der Waals surface area contributed by atoms with E-state index in [1.807, 2.05) is 0 Å². The van der Waals surface area contributed by atoms with Crippen molar-refractivity contribution < 1.29 is 19.8 Å². The van der Waals surface area contributed by atoms with Crippen LogP contribution in [0.1, 0.15) is 10.4 Å². The second kappa shape index (κ2) is 4.72. The lowest BCUT2D eigenvalue weighted by Crippen LogP contribution is -1.98. The van der Waals surface area contributed by atoms with Crippen molar-refractivity contribution >= 4 is 45.3 Å². The SMILES string of the molecule is O=C(O)CSc1nc2c(C(=O)O)cccc2s1. The van der Waals surface area contributed by atoms with Gasteiger partial charge < -0.3 is 10.2 Å². The number of hydrogen-bond acceptors (Lipinski definition) is 5. The fourth-order valence-electron chi connectivity index (χ4n) is 1.29. The minimum absolute atomic E-state index is 0.0811. The third kappa shape index (κ3) is 2.56. The molecular formula is C10H7NO4S2. The molecule has 0 atom stereocenters. The highest BCUT2D eigenvalue weighted by Crippen LogP contribution is 2.31. The molecule has 0 unspecified atom stereocenters. The van der Waals surface area contributed by atoms with Gasteiger partial charge in [-0.25, -0.2) is 9.78 Å². The molecule has 0 bridgehead atoms. The van der Waals surface area contributed by atoms with E-state index in [4.69, 9.17) is 10.2 Å². The average Bonchev–Trinajstić information content (AvgIpc) is 2.68. The zero-order chi connectivity index (χ0) is 12.4. The summed E-state index contributed by atoms with van der Waals surface area (Å²) < 4.78 is 1.31.